The van der Waals surface area contributed by atoms with Crippen molar-refractivity contribution >= 4 is 78.0 Å². The third-order valence-electron chi connectivity index (χ3n) is 15.8. The summed E-state index contributed by atoms with van der Waals surface area (Å²) < 4.78 is 2.79. The van der Waals surface area contributed by atoms with Crippen LogP contribution < -0.4 is 25.5 Å². The molecule has 0 saturated heterocycles. The van der Waals surface area contributed by atoms with Crippen LogP contribution in [0.25, 0.3) is 21.2 Å². The Labute approximate surface area is 407 Å². The maximum Gasteiger partial charge on any atom is 0.264 e. The van der Waals surface area contributed by atoms with Gasteiger partial charge in [-0.1, -0.05) is 165 Å². The van der Waals surface area contributed by atoms with Crippen molar-refractivity contribution in [3.63, 3.8) is 0 Å². The molecule has 1 aliphatic carbocycles. The monoisotopic (exact) mass is 901 g/mol. The lowest BCUT2D eigenvalue weighted by molar-refractivity contribution is 0.332. The second-order valence-electron chi connectivity index (χ2n) is 25.9. The molecule has 0 unspecified atom stereocenters. The highest BCUT2D eigenvalue weighted by atomic mass is 32.1. The van der Waals surface area contributed by atoms with E-state index in [2.05, 4.69) is 237 Å². The van der Waals surface area contributed by atoms with E-state index >= 15 is 0 Å². The molecule has 6 aromatic carbocycles. The SMILES string of the molecule is Cc1cc2c3c(c1)N(c1ccc(C(C)(C)C)cc1)c1c(sc4ccc(C(C)(C)C)cc14)B3c1cc3c(cc1N2c1ccc(C(C)(C)C)cc1-c1ccc(C(C)(C)C)cc1)C(C)(C)CCC3(C)C. The maximum absolute atomic E-state index is 2.70. The minimum absolute atomic E-state index is 0.0151. The van der Waals surface area contributed by atoms with Gasteiger partial charge in [0.1, 0.15) is 0 Å². The largest absolute Gasteiger partial charge is 0.311 e. The number of fused-ring (bicyclic) bond motifs is 7. The van der Waals surface area contributed by atoms with Gasteiger partial charge in [0.05, 0.1) is 11.4 Å². The fraction of sp³-hybridized carbons (Fsp3) is 0.397. The second-order valence-corrected chi connectivity index (χ2v) is 27.0. The molecule has 10 rings (SSSR count). The summed E-state index contributed by atoms with van der Waals surface area (Å²) in [5, 5.41) is 1.35. The number of nitrogens with zero attached hydrogens (tertiary/aromatic N) is 2. The topological polar surface area (TPSA) is 6.48 Å². The molecule has 67 heavy (non-hydrogen) atoms. The van der Waals surface area contributed by atoms with Gasteiger partial charge in [-0.2, -0.15) is 0 Å². The van der Waals surface area contributed by atoms with E-state index in [1.54, 1.807) is 0 Å². The Morgan fingerprint density at radius 2 is 0.985 bits per heavy atom. The molecule has 4 heteroatoms. The smallest absolute Gasteiger partial charge is 0.264 e. The van der Waals surface area contributed by atoms with E-state index in [9.17, 15) is 0 Å². The number of hydrogen-bond acceptors (Lipinski definition) is 3. The number of aryl methyl sites for hydroxylation is 1. The van der Waals surface area contributed by atoms with Crippen LogP contribution in [-0.2, 0) is 32.5 Å². The third-order valence-corrected chi connectivity index (χ3v) is 17.0. The van der Waals surface area contributed by atoms with Gasteiger partial charge >= 0.3 is 0 Å². The van der Waals surface area contributed by atoms with Crippen molar-refractivity contribution in [1.82, 2.24) is 0 Å². The van der Waals surface area contributed by atoms with E-state index in [1.807, 2.05) is 11.3 Å². The van der Waals surface area contributed by atoms with Crippen molar-refractivity contribution < 1.29 is 0 Å². The molecule has 3 aliphatic rings. The molecule has 0 bridgehead atoms. The first-order chi connectivity index (χ1) is 31.1. The highest BCUT2D eigenvalue weighted by molar-refractivity contribution is 7.33. The number of benzene rings is 6. The van der Waals surface area contributed by atoms with Crippen LogP contribution in [-0.4, -0.2) is 6.71 Å². The molecule has 2 nitrogen and oxygen atoms in total. The molecule has 0 radical (unpaired) electrons. The molecular weight excluding hydrogens is 828 g/mol. The summed E-state index contributed by atoms with van der Waals surface area (Å²) in [7, 11) is 0. The van der Waals surface area contributed by atoms with Crippen molar-refractivity contribution in [3.05, 3.63) is 148 Å². The maximum atomic E-state index is 2.70. The number of hydrogen-bond donors (Lipinski definition) is 0. The van der Waals surface area contributed by atoms with Crippen molar-refractivity contribution in [3.8, 4) is 11.1 Å². The van der Waals surface area contributed by atoms with Crippen LogP contribution in [0.5, 0.6) is 0 Å². The minimum Gasteiger partial charge on any atom is -0.311 e. The van der Waals surface area contributed by atoms with E-state index < -0.39 is 0 Å². The third kappa shape index (κ3) is 7.51. The fourth-order valence-corrected chi connectivity index (χ4v) is 12.7. The molecule has 0 amide bonds. The second kappa shape index (κ2) is 15.0. The minimum atomic E-state index is -0.0197. The lowest BCUT2D eigenvalue weighted by Gasteiger charge is -2.47. The summed E-state index contributed by atoms with van der Waals surface area (Å²) in [5.74, 6) is 0. The van der Waals surface area contributed by atoms with Gasteiger partial charge in [-0.15, -0.1) is 11.3 Å². The molecule has 7 aromatic rings. The van der Waals surface area contributed by atoms with E-state index in [-0.39, 0.29) is 39.2 Å². The zero-order valence-electron chi connectivity index (χ0n) is 43.7. The molecule has 0 atom stereocenters. The Morgan fingerprint density at radius 1 is 0.493 bits per heavy atom. The summed E-state index contributed by atoms with van der Waals surface area (Å²) in [6, 6.07) is 44.0. The summed E-state index contributed by atoms with van der Waals surface area (Å²) in [5.41, 5.74) is 22.9. The standard InChI is InChI=1S/C63H73BN2S/c1-38-32-52-55-53(33-38)66(50-28-24-42(60(8,9)10)34-45(50)39-18-20-40(21-19-39)58(2,3)4)51-37-48-47(62(14,15)30-31-63(48,16)17)36-49(51)64(55)57-56(46-35-43(61(11,12)13)25-29-54(46)67-57)65(52)44-26-22-41(23-27-44)59(5,6)7/h18-29,32-37H,30-31H2,1-17H3. The lowest BCUT2D eigenvalue weighted by Crippen LogP contribution is -2.61. The molecule has 3 heterocycles. The summed E-state index contributed by atoms with van der Waals surface area (Å²) in [6.07, 6.45) is 2.34. The van der Waals surface area contributed by atoms with E-state index in [0.29, 0.717) is 0 Å². The molecule has 0 spiro atoms. The van der Waals surface area contributed by atoms with Crippen LogP contribution in [0.3, 0.4) is 0 Å². The van der Waals surface area contributed by atoms with Crippen LogP contribution in [0.2, 0.25) is 0 Å². The van der Waals surface area contributed by atoms with Gasteiger partial charge in [-0.05, 0) is 162 Å². The first kappa shape index (κ1) is 45.7. The van der Waals surface area contributed by atoms with Crippen LogP contribution >= 0.6 is 11.3 Å². The van der Waals surface area contributed by atoms with Crippen LogP contribution in [0.15, 0.2) is 109 Å². The van der Waals surface area contributed by atoms with Crippen molar-refractivity contribution in [2.24, 2.45) is 0 Å². The quantitative estimate of drug-likeness (QED) is 0.163. The summed E-state index contributed by atoms with van der Waals surface area (Å²) >= 11 is 2.01. The molecule has 1 aromatic heterocycles. The average Bonchev–Trinajstić information content (AvgIpc) is 3.62. The van der Waals surface area contributed by atoms with Crippen molar-refractivity contribution in [1.29, 1.82) is 0 Å². The predicted octanol–water partition coefficient (Wildman–Crippen LogP) is 16.5. The highest BCUT2D eigenvalue weighted by Gasteiger charge is 2.48. The first-order valence-electron chi connectivity index (χ1n) is 25.0. The van der Waals surface area contributed by atoms with Crippen molar-refractivity contribution in [2.75, 3.05) is 9.80 Å². The summed E-state index contributed by atoms with van der Waals surface area (Å²) in [6.45, 7) is 40.3. The Balaban J connectivity index is 1.34. The van der Waals surface area contributed by atoms with Gasteiger partial charge in [0.15, 0.2) is 0 Å². The number of rotatable bonds is 3. The molecule has 0 saturated carbocycles. The van der Waals surface area contributed by atoms with E-state index in [0.717, 1.165) is 0 Å². The normalized spacial score (nSPS) is 16.5. The number of anilines is 6. The lowest BCUT2D eigenvalue weighted by atomic mass is 9.35. The molecule has 344 valence electrons. The molecule has 2 aliphatic heterocycles. The molecule has 0 N–H and O–H groups in total. The Bertz CT molecular complexity index is 3110. The fourth-order valence-electron chi connectivity index (χ4n) is 11.4. The Morgan fingerprint density at radius 3 is 1.55 bits per heavy atom. The zero-order valence-corrected chi connectivity index (χ0v) is 44.5. The molecular formula is C63H73BN2S. The van der Waals surface area contributed by atoms with Gasteiger partial charge in [0.25, 0.3) is 6.71 Å². The number of thiophene rings is 1. The average molecular weight is 901 g/mol. The van der Waals surface area contributed by atoms with E-state index in [4.69, 9.17) is 0 Å². The van der Waals surface area contributed by atoms with Gasteiger partial charge in [0, 0.05) is 43.2 Å². The van der Waals surface area contributed by atoms with Gasteiger partial charge in [0.2, 0.25) is 0 Å². The van der Waals surface area contributed by atoms with Crippen LogP contribution in [0.1, 0.15) is 163 Å². The Kier molecular flexibility index (Phi) is 10.2. The van der Waals surface area contributed by atoms with Crippen LogP contribution in [0.4, 0.5) is 34.1 Å². The zero-order chi connectivity index (χ0) is 48.1. The van der Waals surface area contributed by atoms with E-state index in [1.165, 1.54) is 123 Å². The predicted molar refractivity (Wildman–Crippen MR) is 296 cm³/mol. The van der Waals surface area contributed by atoms with Gasteiger partial charge < -0.3 is 9.80 Å². The summed E-state index contributed by atoms with van der Waals surface area (Å²) in [4.78, 5) is 5.35. The first-order valence-corrected chi connectivity index (χ1v) is 25.8. The van der Waals surface area contributed by atoms with Crippen molar-refractivity contribution in [2.45, 2.75) is 163 Å². The Hall–Kier alpha value is -5.06. The van der Waals surface area contributed by atoms with Crippen LogP contribution in [0, 0.1) is 6.92 Å². The molecule has 0 fully saturated rings. The van der Waals surface area contributed by atoms with Gasteiger partial charge in [-0.3, -0.25) is 0 Å². The van der Waals surface area contributed by atoms with Gasteiger partial charge in [-0.25, -0.2) is 0 Å². The highest BCUT2D eigenvalue weighted by Crippen LogP contribution is 2.53.